The fourth-order valence-corrected chi connectivity index (χ4v) is 2.13. The molecule has 0 aliphatic carbocycles. The van der Waals surface area contributed by atoms with Crippen molar-refractivity contribution >= 4 is 11.4 Å². The predicted octanol–water partition coefficient (Wildman–Crippen LogP) is 3.91. The van der Waals surface area contributed by atoms with Gasteiger partial charge in [0.25, 0.3) is 0 Å². The van der Waals surface area contributed by atoms with Gasteiger partial charge in [0.1, 0.15) is 0 Å². The summed E-state index contributed by atoms with van der Waals surface area (Å²) in [6.07, 6.45) is 2.07. The van der Waals surface area contributed by atoms with Gasteiger partial charge in [0.15, 0.2) is 0 Å². The first kappa shape index (κ1) is 12.7. The average Bonchev–Trinajstić information content (AvgIpc) is 2.42. The van der Waals surface area contributed by atoms with Crippen LogP contribution in [0.5, 0.6) is 0 Å². The zero-order chi connectivity index (χ0) is 12.8. The molecule has 0 aromatic heterocycles. The maximum Gasteiger partial charge on any atom is 0.0820 e. The first-order chi connectivity index (χ1) is 8.83. The van der Waals surface area contributed by atoms with Crippen LogP contribution in [0.15, 0.2) is 60.7 Å². The lowest BCUT2D eigenvalue weighted by molar-refractivity contribution is 0.610. The standard InChI is InChI=1S/C16H20N2/c1-2-9-16(17)18(14-10-5-3-6-11-14)15-12-7-4-8-13-15/h3-8,10-13,16H,2,9,17H2,1H3. The Morgan fingerprint density at radius 3 is 1.72 bits per heavy atom. The van der Waals surface area contributed by atoms with Gasteiger partial charge in [0.05, 0.1) is 6.17 Å². The van der Waals surface area contributed by atoms with Crippen LogP contribution < -0.4 is 10.6 Å². The van der Waals surface area contributed by atoms with Crippen molar-refractivity contribution < 1.29 is 0 Å². The normalized spacial score (nSPS) is 12.1. The van der Waals surface area contributed by atoms with Crippen LogP contribution in [-0.2, 0) is 0 Å². The molecule has 2 N–H and O–H groups in total. The molecule has 0 aliphatic heterocycles. The van der Waals surface area contributed by atoms with E-state index in [0.29, 0.717) is 0 Å². The molecule has 0 saturated carbocycles. The third-order valence-corrected chi connectivity index (χ3v) is 2.98. The maximum absolute atomic E-state index is 6.32. The van der Waals surface area contributed by atoms with Crippen molar-refractivity contribution in [3.8, 4) is 0 Å². The Morgan fingerprint density at radius 1 is 0.889 bits per heavy atom. The van der Waals surface area contributed by atoms with Crippen LogP contribution in [0.2, 0.25) is 0 Å². The first-order valence-corrected chi connectivity index (χ1v) is 6.48. The van der Waals surface area contributed by atoms with E-state index in [9.17, 15) is 0 Å². The zero-order valence-corrected chi connectivity index (χ0v) is 10.8. The highest BCUT2D eigenvalue weighted by Gasteiger charge is 2.15. The number of anilines is 2. The molecule has 0 heterocycles. The molecule has 1 atom stereocenters. The monoisotopic (exact) mass is 240 g/mol. The van der Waals surface area contributed by atoms with E-state index in [1.165, 1.54) is 0 Å². The minimum Gasteiger partial charge on any atom is -0.326 e. The van der Waals surface area contributed by atoms with Gasteiger partial charge in [-0.05, 0) is 30.7 Å². The Kier molecular flexibility index (Phi) is 4.37. The molecule has 2 aromatic carbocycles. The lowest BCUT2D eigenvalue weighted by Crippen LogP contribution is -2.38. The maximum atomic E-state index is 6.32. The minimum absolute atomic E-state index is 0.0137. The number of hydrogen-bond acceptors (Lipinski definition) is 2. The van der Waals surface area contributed by atoms with Gasteiger partial charge in [-0.25, -0.2) is 0 Å². The summed E-state index contributed by atoms with van der Waals surface area (Å²) in [6, 6.07) is 20.6. The summed E-state index contributed by atoms with van der Waals surface area (Å²) in [7, 11) is 0. The second kappa shape index (κ2) is 6.22. The fraction of sp³-hybridized carbons (Fsp3) is 0.250. The molecule has 18 heavy (non-hydrogen) atoms. The quantitative estimate of drug-likeness (QED) is 0.803. The SMILES string of the molecule is CCCC(N)N(c1ccccc1)c1ccccc1. The van der Waals surface area contributed by atoms with E-state index < -0.39 is 0 Å². The summed E-state index contributed by atoms with van der Waals surface area (Å²) in [5.41, 5.74) is 8.60. The van der Waals surface area contributed by atoms with Crippen molar-refractivity contribution in [2.24, 2.45) is 5.73 Å². The molecule has 2 aromatic rings. The molecule has 2 nitrogen and oxygen atoms in total. The van der Waals surface area contributed by atoms with Crippen LogP contribution in [0, 0.1) is 0 Å². The van der Waals surface area contributed by atoms with Gasteiger partial charge >= 0.3 is 0 Å². The number of nitrogens with zero attached hydrogens (tertiary/aromatic N) is 1. The van der Waals surface area contributed by atoms with Crippen LogP contribution in [0.1, 0.15) is 19.8 Å². The lowest BCUT2D eigenvalue weighted by atomic mass is 10.1. The van der Waals surface area contributed by atoms with Gasteiger partial charge in [-0.1, -0.05) is 49.7 Å². The third-order valence-electron chi connectivity index (χ3n) is 2.98. The summed E-state index contributed by atoms with van der Waals surface area (Å²) in [6.45, 7) is 2.16. The molecule has 2 rings (SSSR count). The summed E-state index contributed by atoms with van der Waals surface area (Å²) in [5.74, 6) is 0. The molecule has 0 amide bonds. The first-order valence-electron chi connectivity index (χ1n) is 6.48. The number of rotatable bonds is 5. The molecule has 0 radical (unpaired) electrons. The molecule has 0 aliphatic rings. The van der Waals surface area contributed by atoms with Crippen LogP contribution in [0.4, 0.5) is 11.4 Å². The van der Waals surface area contributed by atoms with E-state index >= 15 is 0 Å². The smallest absolute Gasteiger partial charge is 0.0820 e. The van der Waals surface area contributed by atoms with E-state index in [1.54, 1.807) is 0 Å². The average molecular weight is 240 g/mol. The summed E-state index contributed by atoms with van der Waals surface area (Å²) in [4.78, 5) is 2.20. The molecular weight excluding hydrogens is 220 g/mol. The van der Waals surface area contributed by atoms with Gasteiger partial charge in [0, 0.05) is 11.4 Å². The van der Waals surface area contributed by atoms with E-state index in [1.807, 2.05) is 36.4 Å². The number of benzene rings is 2. The lowest BCUT2D eigenvalue weighted by Gasteiger charge is -2.31. The van der Waals surface area contributed by atoms with Crippen LogP contribution >= 0.6 is 0 Å². The summed E-state index contributed by atoms with van der Waals surface area (Å²) >= 11 is 0. The van der Waals surface area contributed by atoms with Crippen molar-refractivity contribution in [2.45, 2.75) is 25.9 Å². The van der Waals surface area contributed by atoms with Gasteiger partial charge in [-0.3, -0.25) is 0 Å². The van der Waals surface area contributed by atoms with Gasteiger partial charge < -0.3 is 10.6 Å². The van der Waals surface area contributed by atoms with Crippen molar-refractivity contribution in [1.82, 2.24) is 0 Å². The Bertz CT molecular complexity index is 414. The van der Waals surface area contributed by atoms with Crippen molar-refractivity contribution in [3.05, 3.63) is 60.7 Å². The molecule has 0 spiro atoms. The van der Waals surface area contributed by atoms with Gasteiger partial charge in [0.2, 0.25) is 0 Å². The molecule has 2 heteroatoms. The highest BCUT2D eigenvalue weighted by molar-refractivity contribution is 5.63. The second-order valence-corrected chi connectivity index (χ2v) is 4.40. The molecule has 0 fully saturated rings. The van der Waals surface area contributed by atoms with Crippen molar-refractivity contribution in [2.75, 3.05) is 4.90 Å². The molecular formula is C16H20N2. The Morgan fingerprint density at radius 2 is 1.33 bits per heavy atom. The fourth-order valence-electron chi connectivity index (χ4n) is 2.13. The van der Waals surface area contributed by atoms with E-state index in [4.69, 9.17) is 5.73 Å². The van der Waals surface area contributed by atoms with E-state index in [0.717, 1.165) is 24.2 Å². The molecule has 0 saturated heterocycles. The summed E-state index contributed by atoms with van der Waals surface area (Å²) in [5, 5.41) is 0. The van der Waals surface area contributed by atoms with Crippen LogP contribution in [0.3, 0.4) is 0 Å². The minimum atomic E-state index is 0.0137. The number of para-hydroxylation sites is 2. The highest BCUT2D eigenvalue weighted by atomic mass is 15.2. The second-order valence-electron chi connectivity index (χ2n) is 4.40. The Hall–Kier alpha value is -1.80. The molecule has 0 bridgehead atoms. The Balaban J connectivity index is 2.35. The van der Waals surface area contributed by atoms with Crippen molar-refractivity contribution in [1.29, 1.82) is 0 Å². The number of hydrogen-bond donors (Lipinski definition) is 1. The topological polar surface area (TPSA) is 29.3 Å². The van der Waals surface area contributed by atoms with Gasteiger partial charge in [-0.2, -0.15) is 0 Å². The molecule has 1 unspecified atom stereocenters. The largest absolute Gasteiger partial charge is 0.326 e. The van der Waals surface area contributed by atoms with Crippen LogP contribution in [-0.4, -0.2) is 6.17 Å². The zero-order valence-electron chi connectivity index (χ0n) is 10.8. The molecule has 94 valence electrons. The van der Waals surface area contributed by atoms with E-state index in [2.05, 4.69) is 36.1 Å². The van der Waals surface area contributed by atoms with Crippen molar-refractivity contribution in [3.63, 3.8) is 0 Å². The third kappa shape index (κ3) is 2.90. The highest BCUT2D eigenvalue weighted by Crippen LogP contribution is 2.27. The van der Waals surface area contributed by atoms with Crippen LogP contribution in [0.25, 0.3) is 0 Å². The number of nitrogens with two attached hydrogens (primary N) is 1. The van der Waals surface area contributed by atoms with Gasteiger partial charge in [-0.15, -0.1) is 0 Å². The van der Waals surface area contributed by atoms with E-state index in [-0.39, 0.29) is 6.17 Å². The summed E-state index contributed by atoms with van der Waals surface area (Å²) < 4.78 is 0. The Labute approximate surface area is 109 Å². The predicted molar refractivity (Wildman–Crippen MR) is 77.9 cm³/mol.